The maximum absolute atomic E-state index is 12.5. The summed E-state index contributed by atoms with van der Waals surface area (Å²) in [5, 5.41) is -0.232. The van der Waals surface area contributed by atoms with Crippen molar-refractivity contribution in [2.45, 2.75) is 24.8 Å². The molecule has 3 atom stereocenters. The van der Waals surface area contributed by atoms with E-state index in [0.29, 0.717) is 18.9 Å². The molecule has 140 valence electrons. The molecule has 1 aromatic carbocycles. The van der Waals surface area contributed by atoms with Gasteiger partial charge in [-0.2, -0.15) is 0 Å². The lowest BCUT2D eigenvalue weighted by Crippen LogP contribution is -2.37. The molecule has 25 heavy (non-hydrogen) atoms. The van der Waals surface area contributed by atoms with E-state index >= 15 is 0 Å². The van der Waals surface area contributed by atoms with Gasteiger partial charge in [-0.3, -0.25) is 4.90 Å². The summed E-state index contributed by atoms with van der Waals surface area (Å²) >= 11 is 0. The highest BCUT2D eigenvalue weighted by Gasteiger charge is 2.52. The Kier molecular flexibility index (Phi) is 5.27. The van der Waals surface area contributed by atoms with Crippen LogP contribution in [0.1, 0.15) is 12.5 Å². The van der Waals surface area contributed by atoms with Crippen molar-refractivity contribution in [3.8, 4) is 11.5 Å². The molecule has 0 aliphatic carbocycles. The first kappa shape index (κ1) is 18.5. The molecule has 1 aromatic rings. The second-order valence-corrected chi connectivity index (χ2v) is 9.44. The van der Waals surface area contributed by atoms with Crippen molar-refractivity contribution in [3.63, 3.8) is 0 Å². The number of sulfone groups is 1. The summed E-state index contributed by atoms with van der Waals surface area (Å²) in [6.45, 7) is 4.70. The van der Waals surface area contributed by atoms with Crippen molar-refractivity contribution in [1.82, 2.24) is 9.80 Å². The second-order valence-electron chi connectivity index (χ2n) is 7.18. The molecule has 0 saturated carbocycles. The summed E-state index contributed by atoms with van der Waals surface area (Å²) in [7, 11) is 2.59. The molecule has 6 nitrogen and oxygen atoms in total. The zero-order valence-electron chi connectivity index (χ0n) is 15.4. The van der Waals surface area contributed by atoms with Crippen LogP contribution in [0, 0.1) is 5.92 Å². The van der Waals surface area contributed by atoms with Gasteiger partial charge in [-0.1, -0.05) is 6.07 Å². The number of benzene rings is 1. The zero-order valence-corrected chi connectivity index (χ0v) is 16.3. The van der Waals surface area contributed by atoms with Crippen LogP contribution in [0.25, 0.3) is 0 Å². The molecule has 3 rings (SSSR count). The minimum Gasteiger partial charge on any atom is -0.493 e. The molecule has 2 heterocycles. The van der Waals surface area contributed by atoms with Crippen LogP contribution in [0.5, 0.6) is 11.5 Å². The Balaban J connectivity index is 1.73. The van der Waals surface area contributed by atoms with Crippen molar-refractivity contribution >= 4 is 9.84 Å². The summed E-state index contributed by atoms with van der Waals surface area (Å²) in [6.07, 6.45) is 0. The van der Waals surface area contributed by atoms with Crippen LogP contribution in [0.2, 0.25) is 0 Å². The quantitative estimate of drug-likeness (QED) is 0.753. The van der Waals surface area contributed by atoms with Crippen LogP contribution in [0.4, 0.5) is 0 Å². The highest BCUT2D eigenvalue weighted by atomic mass is 32.2. The Hall–Kier alpha value is -1.31. The van der Waals surface area contributed by atoms with E-state index in [0.717, 1.165) is 30.2 Å². The molecule has 0 N–H and O–H groups in total. The van der Waals surface area contributed by atoms with Crippen molar-refractivity contribution in [1.29, 1.82) is 0 Å². The molecular formula is C18H28N2O4S. The Morgan fingerprint density at radius 3 is 2.64 bits per heavy atom. The molecule has 0 bridgehead atoms. The van der Waals surface area contributed by atoms with Gasteiger partial charge in [-0.25, -0.2) is 8.42 Å². The number of fused-ring (bicyclic) bond motifs is 1. The fraction of sp³-hybridized carbons (Fsp3) is 0.667. The zero-order chi connectivity index (χ0) is 18.2. The fourth-order valence-corrected chi connectivity index (χ4v) is 6.63. The number of methoxy groups -OCH3 is 1. The number of hydrogen-bond acceptors (Lipinski definition) is 6. The predicted molar refractivity (Wildman–Crippen MR) is 98.0 cm³/mol. The largest absolute Gasteiger partial charge is 0.493 e. The Bertz CT molecular complexity index is 720. The molecule has 2 saturated heterocycles. The van der Waals surface area contributed by atoms with E-state index in [4.69, 9.17) is 9.47 Å². The molecule has 2 aliphatic heterocycles. The molecule has 2 fully saturated rings. The lowest BCUT2D eigenvalue weighted by molar-refractivity contribution is 0.229. The van der Waals surface area contributed by atoms with E-state index in [1.165, 1.54) is 0 Å². The van der Waals surface area contributed by atoms with E-state index in [2.05, 4.69) is 9.80 Å². The topological polar surface area (TPSA) is 59.1 Å². The lowest BCUT2D eigenvalue weighted by atomic mass is 10.00. The summed E-state index contributed by atoms with van der Waals surface area (Å²) in [4.78, 5) is 4.31. The van der Waals surface area contributed by atoms with Crippen molar-refractivity contribution < 1.29 is 17.9 Å². The normalized spacial score (nSPS) is 28.3. The van der Waals surface area contributed by atoms with Crippen molar-refractivity contribution in [2.75, 3.05) is 46.7 Å². The lowest BCUT2D eigenvalue weighted by Gasteiger charge is -2.25. The SMILES string of the molecule is CCOc1ccc(CN2C[C@H]3[C@H](N(C)C)CS(=O)(=O)[C@H]3C2)cc1OC. The third-order valence-electron chi connectivity index (χ3n) is 5.34. The summed E-state index contributed by atoms with van der Waals surface area (Å²) in [5.41, 5.74) is 1.11. The monoisotopic (exact) mass is 368 g/mol. The predicted octanol–water partition coefficient (Wildman–Crippen LogP) is 1.25. The van der Waals surface area contributed by atoms with Crippen LogP contribution >= 0.6 is 0 Å². The third-order valence-corrected chi connectivity index (χ3v) is 7.57. The van der Waals surface area contributed by atoms with Gasteiger partial charge in [0, 0.05) is 31.6 Å². The molecule has 0 unspecified atom stereocenters. The second kappa shape index (κ2) is 7.13. The van der Waals surface area contributed by atoms with Gasteiger partial charge >= 0.3 is 0 Å². The van der Waals surface area contributed by atoms with E-state index in [-0.39, 0.29) is 17.2 Å². The molecule has 0 spiro atoms. The van der Waals surface area contributed by atoms with E-state index in [1.807, 2.05) is 39.2 Å². The summed E-state index contributed by atoms with van der Waals surface area (Å²) in [5.74, 6) is 1.95. The maximum Gasteiger partial charge on any atom is 0.161 e. The smallest absolute Gasteiger partial charge is 0.161 e. The van der Waals surface area contributed by atoms with Gasteiger partial charge in [-0.15, -0.1) is 0 Å². The third kappa shape index (κ3) is 3.64. The van der Waals surface area contributed by atoms with Crippen LogP contribution in [-0.4, -0.2) is 76.2 Å². The van der Waals surface area contributed by atoms with Gasteiger partial charge < -0.3 is 14.4 Å². The standard InChI is InChI=1S/C18H28N2O4S/c1-5-24-16-7-6-13(8-17(16)23-4)9-20-10-14-15(19(2)3)12-25(21,22)18(14)11-20/h6-8,14-15,18H,5,9-12H2,1-4H3/t14-,15+,18-/m0/s1. The Morgan fingerprint density at radius 1 is 1.24 bits per heavy atom. The van der Waals surface area contributed by atoms with Gasteiger partial charge in [0.1, 0.15) is 0 Å². The molecule has 0 aromatic heterocycles. The molecule has 0 amide bonds. The van der Waals surface area contributed by atoms with Crippen LogP contribution in [-0.2, 0) is 16.4 Å². The number of ether oxygens (including phenoxy) is 2. The van der Waals surface area contributed by atoms with Crippen LogP contribution < -0.4 is 9.47 Å². The summed E-state index contributed by atoms with van der Waals surface area (Å²) < 4.78 is 35.9. The number of likely N-dealkylation sites (tertiary alicyclic amines) is 1. The molecule has 7 heteroatoms. The maximum atomic E-state index is 12.5. The minimum absolute atomic E-state index is 0.120. The van der Waals surface area contributed by atoms with Gasteiger partial charge in [0.15, 0.2) is 21.3 Å². The number of rotatable bonds is 6. The van der Waals surface area contributed by atoms with Gasteiger partial charge in [-0.05, 0) is 38.7 Å². The first-order chi connectivity index (χ1) is 11.9. The van der Waals surface area contributed by atoms with Crippen molar-refractivity contribution in [3.05, 3.63) is 23.8 Å². The average molecular weight is 368 g/mol. The highest BCUT2D eigenvalue weighted by Crippen LogP contribution is 2.37. The van der Waals surface area contributed by atoms with Gasteiger partial charge in [0.25, 0.3) is 0 Å². The van der Waals surface area contributed by atoms with Crippen LogP contribution in [0.3, 0.4) is 0 Å². The van der Waals surface area contributed by atoms with Crippen molar-refractivity contribution in [2.24, 2.45) is 5.92 Å². The van der Waals surface area contributed by atoms with E-state index in [9.17, 15) is 8.42 Å². The van der Waals surface area contributed by atoms with Crippen LogP contribution in [0.15, 0.2) is 18.2 Å². The average Bonchev–Trinajstić information content (AvgIpc) is 3.08. The molecule has 2 aliphatic rings. The Labute approximate surface area is 150 Å². The van der Waals surface area contributed by atoms with E-state index < -0.39 is 9.84 Å². The minimum atomic E-state index is -3.00. The first-order valence-electron chi connectivity index (χ1n) is 8.75. The highest BCUT2D eigenvalue weighted by molar-refractivity contribution is 7.92. The fourth-order valence-electron chi connectivity index (χ4n) is 4.12. The number of hydrogen-bond donors (Lipinski definition) is 0. The first-order valence-corrected chi connectivity index (χ1v) is 10.5. The van der Waals surface area contributed by atoms with E-state index in [1.54, 1.807) is 7.11 Å². The van der Waals surface area contributed by atoms with Gasteiger partial charge in [0.2, 0.25) is 0 Å². The molecule has 0 radical (unpaired) electrons. The Morgan fingerprint density at radius 2 is 2.00 bits per heavy atom. The number of nitrogens with zero attached hydrogens (tertiary/aromatic N) is 2. The summed E-state index contributed by atoms with van der Waals surface area (Å²) in [6, 6.07) is 6.06. The van der Waals surface area contributed by atoms with Gasteiger partial charge in [0.05, 0.1) is 24.7 Å². The molecular weight excluding hydrogens is 340 g/mol.